The van der Waals surface area contributed by atoms with E-state index in [0.717, 1.165) is 0 Å². The van der Waals surface area contributed by atoms with Crippen LogP contribution < -0.4 is 5.73 Å². The van der Waals surface area contributed by atoms with Gasteiger partial charge in [-0.05, 0) is 12.1 Å². The highest BCUT2D eigenvalue weighted by Gasteiger charge is 2.39. The van der Waals surface area contributed by atoms with Crippen molar-refractivity contribution >= 4 is 29.1 Å². The van der Waals surface area contributed by atoms with Crippen LogP contribution in [0.5, 0.6) is 0 Å². The fourth-order valence-corrected chi connectivity index (χ4v) is 1.77. The van der Waals surface area contributed by atoms with Gasteiger partial charge in [-0.25, -0.2) is 0 Å². The van der Waals surface area contributed by atoms with E-state index in [1.165, 1.54) is 12.1 Å². The van der Waals surface area contributed by atoms with Crippen LogP contribution in [0.4, 0.5) is 18.9 Å². The molecular formula is C8H7ClF3NS. The molecule has 6 heteroatoms. The number of halogens is 4. The molecule has 0 heterocycles. The van der Waals surface area contributed by atoms with Gasteiger partial charge in [0.25, 0.3) is 0 Å². The fourth-order valence-electron chi connectivity index (χ4n) is 0.766. The number of hydrogen-bond donors (Lipinski definition) is 1. The molecule has 14 heavy (non-hydrogen) atoms. The molecule has 0 aliphatic rings. The molecule has 0 saturated carbocycles. The van der Waals surface area contributed by atoms with Gasteiger partial charge in [0.05, 0.1) is 0 Å². The number of para-hydroxylation sites is 1. The quantitative estimate of drug-likeness (QED) is 0.487. The lowest BCUT2D eigenvalue weighted by Gasteiger charge is -2.13. The smallest absolute Gasteiger partial charge is 0.398 e. The zero-order chi connectivity index (χ0) is 10.8. The van der Waals surface area contributed by atoms with E-state index < -0.39 is 10.9 Å². The van der Waals surface area contributed by atoms with E-state index in [1.54, 1.807) is 12.1 Å². The predicted octanol–water partition coefficient (Wildman–Crippen LogP) is 3.49. The van der Waals surface area contributed by atoms with Gasteiger partial charge in [-0.15, -0.1) is 11.6 Å². The molecule has 1 nitrogen and oxygen atoms in total. The molecule has 0 aromatic heterocycles. The molecule has 0 bridgehead atoms. The Kier molecular flexibility index (Phi) is 3.55. The topological polar surface area (TPSA) is 26.0 Å². The summed E-state index contributed by atoms with van der Waals surface area (Å²) in [6, 6.07) is 6.29. The summed E-state index contributed by atoms with van der Waals surface area (Å²) in [6.45, 7) is 0. The second-order valence-corrected chi connectivity index (χ2v) is 4.36. The molecule has 2 N–H and O–H groups in total. The number of benzene rings is 1. The van der Waals surface area contributed by atoms with E-state index in [9.17, 15) is 13.2 Å². The number of thioether (sulfide) groups is 1. The lowest BCUT2D eigenvalue weighted by Crippen LogP contribution is -2.19. The second-order valence-electron chi connectivity index (χ2n) is 2.51. The molecule has 1 aromatic carbocycles. The van der Waals surface area contributed by atoms with Crippen molar-refractivity contribution in [2.75, 3.05) is 5.73 Å². The van der Waals surface area contributed by atoms with Gasteiger partial charge >= 0.3 is 6.18 Å². The summed E-state index contributed by atoms with van der Waals surface area (Å²) in [7, 11) is 0. The van der Waals surface area contributed by atoms with Crippen LogP contribution in [0.1, 0.15) is 0 Å². The first-order valence-corrected chi connectivity index (χ1v) is 4.95. The minimum absolute atomic E-state index is 0.299. The Morgan fingerprint density at radius 2 is 1.86 bits per heavy atom. The van der Waals surface area contributed by atoms with E-state index in [-0.39, 0.29) is 0 Å². The molecule has 0 saturated heterocycles. The van der Waals surface area contributed by atoms with Crippen LogP contribution in [-0.2, 0) is 0 Å². The Balaban J connectivity index is 2.75. The summed E-state index contributed by atoms with van der Waals surface area (Å²) in [5.41, 5.74) is 5.76. The molecule has 0 fully saturated rings. The maximum absolute atomic E-state index is 12.1. The van der Waals surface area contributed by atoms with Crippen molar-refractivity contribution in [1.82, 2.24) is 0 Å². The molecule has 0 amide bonds. The number of nitrogen functional groups attached to an aromatic ring is 1. The minimum atomic E-state index is -4.42. The third kappa shape index (κ3) is 2.99. The van der Waals surface area contributed by atoms with E-state index >= 15 is 0 Å². The second kappa shape index (κ2) is 4.31. The highest BCUT2D eigenvalue weighted by molar-refractivity contribution is 8.01. The predicted molar refractivity (Wildman–Crippen MR) is 52.4 cm³/mol. The Hall–Kier alpha value is -0.550. The average molecular weight is 242 g/mol. The van der Waals surface area contributed by atoms with Gasteiger partial charge in [-0.2, -0.15) is 13.2 Å². The highest BCUT2D eigenvalue weighted by atomic mass is 35.5. The van der Waals surface area contributed by atoms with E-state index in [4.69, 9.17) is 17.3 Å². The van der Waals surface area contributed by atoms with Crippen molar-refractivity contribution in [3.63, 3.8) is 0 Å². The summed E-state index contributed by atoms with van der Waals surface area (Å²) >= 11 is 5.64. The van der Waals surface area contributed by atoms with Crippen molar-refractivity contribution in [1.29, 1.82) is 0 Å². The maximum atomic E-state index is 12.1. The molecule has 1 rings (SSSR count). The Labute approximate surface area is 88.4 Å². The average Bonchev–Trinajstić information content (AvgIpc) is 2.07. The number of anilines is 1. The zero-order valence-electron chi connectivity index (χ0n) is 6.88. The van der Waals surface area contributed by atoms with Crippen LogP contribution in [0.25, 0.3) is 0 Å². The molecule has 1 unspecified atom stereocenters. The van der Waals surface area contributed by atoms with Gasteiger partial charge in [-0.1, -0.05) is 23.9 Å². The lowest BCUT2D eigenvalue weighted by molar-refractivity contribution is -0.113. The summed E-state index contributed by atoms with van der Waals surface area (Å²) in [5, 5.41) is 0. The van der Waals surface area contributed by atoms with Crippen molar-refractivity contribution in [3.05, 3.63) is 24.3 Å². The van der Waals surface area contributed by atoms with Crippen LogP contribution in [-0.4, -0.2) is 10.9 Å². The molecule has 0 spiro atoms. The zero-order valence-corrected chi connectivity index (χ0v) is 8.46. The van der Waals surface area contributed by atoms with Crippen molar-refractivity contribution in [3.8, 4) is 0 Å². The highest BCUT2D eigenvalue weighted by Crippen LogP contribution is 2.39. The monoisotopic (exact) mass is 241 g/mol. The van der Waals surface area contributed by atoms with Crippen molar-refractivity contribution < 1.29 is 13.2 Å². The van der Waals surface area contributed by atoms with Gasteiger partial charge in [0.2, 0.25) is 0 Å². The number of hydrogen-bond acceptors (Lipinski definition) is 2. The molecule has 0 aliphatic carbocycles. The summed E-state index contributed by atoms with van der Waals surface area (Å²) in [4.78, 5) is 0.338. The number of nitrogens with two attached hydrogens (primary N) is 1. The first-order chi connectivity index (χ1) is 6.41. The minimum Gasteiger partial charge on any atom is -0.398 e. The maximum Gasteiger partial charge on any atom is 0.414 e. The van der Waals surface area contributed by atoms with Gasteiger partial charge < -0.3 is 5.73 Å². The lowest BCUT2D eigenvalue weighted by atomic mass is 10.3. The van der Waals surface area contributed by atoms with Crippen LogP contribution in [0.15, 0.2) is 29.2 Å². The SMILES string of the molecule is Nc1ccccc1SC(Cl)C(F)(F)F. The third-order valence-electron chi connectivity index (χ3n) is 1.41. The van der Waals surface area contributed by atoms with Crippen molar-refractivity contribution in [2.24, 2.45) is 0 Å². The molecule has 78 valence electrons. The van der Waals surface area contributed by atoms with Crippen LogP contribution in [0.3, 0.4) is 0 Å². The Morgan fingerprint density at radius 3 is 2.36 bits per heavy atom. The largest absolute Gasteiger partial charge is 0.414 e. The van der Waals surface area contributed by atoms with E-state index in [1.807, 2.05) is 0 Å². The fraction of sp³-hybridized carbons (Fsp3) is 0.250. The molecule has 0 radical (unpaired) electrons. The number of rotatable bonds is 2. The molecule has 1 atom stereocenters. The van der Waals surface area contributed by atoms with Crippen LogP contribution >= 0.6 is 23.4 Å². The number of alkyl halides is 4. The van der Waals surface area contributed by atoms with Gasteiger partial charge in [-0.3, -0.25) is 0 Å². The van der Waals surface area contributed by atoms with Crippen LogP contribution in [0.2, 0.25) is 0 Å². The van der Waals surface area contributed by atoms with Crippen LogP contribution in [0, 0.1) is 0 Å². The van der Waals surface area contributed by atoms with E-state index in [0.29, 0.717) is 22.3 Å². The van der Waals surface area contributed by atoms with Gasteiger partial charge in [0.1, 0.15) is 0 Å². The Bertz CT molecular complexity index is 316. The summed E-state index contributed by atoms with van der Waals surface area (Å²) < 4.78 is 34.3. The van der Waals surface area contributed by atoms with Gasteiger partial charge in [0.15, 0.2) is 4.71 Å². The summed E-state index contributed by atoms with van der Waals surface area (Å²) in [6.07, 6.45) is -4.42. The first kappa shape index (κ1) is 11.5. The normalized spacial score (nSPS) is 14.0. The van der Waals surface area contributed by atoms with E-state index in [2.05, 4.69) is 0 Å². The third-order valence-corrected chi connectivity index (χ3v) is 3.02. The Morgan fingerprint density at radius 1 is 1.29 bits per heavy atom. The standard InChI is InChI=1S/C8H7ClF3NS/c9-7(8(10,11)12)14-6-4-2-1-3-5(6)13/h1-4,7H,13H2. The molecule has 1 aromatic rings. The van der Waals surface area contributed by atoms with Crippen molar-refractivity contribution in [2.45, 2.75) is 15.8 Å². The first-order valence-electron chi connectivity index (χ1n) is 3.63. The molecule has 0 aliphatic heterocycles. The summed E-state index contributed by atoms with van der Waals surface area (Å²) in [5.74, 6) is 0. The van der Waals surface area contributed by atoms with Gasteiger partial charge in [0, 0.05) is 10.6 Å². The molecular weight excluding hydrogens is 235 g/mol.